The van der Waals surface area contributed by atoms with Crippen LogP contribution in [0.1, 0.15) is 17.7 Å². The molecule has 0 unspecified atom stereocenters. The van der Waals surface area contributed by atoms with Crippen molar-refractivity contribution in [1.82, 2.24) is 19.6 Å². The summed E-state index contributed by atoms with van der Waals surface area (Å²) in [6, 6.07) is 8.61. The van der Waals surface area contributed by atoms with Crippen LogP contribution in [0.25, 0.3) is 5.78 Å². The molecule has 25 heavy (non-hydrogen) atoms. The first kappa shape index (κ1) is 17.0. The lowest BCUT2D eigenvalue weighted by molar-refractivity contribution is -0.141. The molecular formula is C16H16F3N5O. The van der Waals surface area contributed by atoms with E-state index in [1.165, 1.54) is 10.8 Å². The van der Waals surface area contributed by atoms with Crippen molar-refractivity contribution in [3.8, 4) is 5.75 Å². The molecule has 0 aliphatic carbocycles. The van der Waals surface area contributed by atoms with Crippen molar-refractivity contribution in [2.45, 2.75) is 19.0 Å². The molecular weight excluding hydrogens is 335 g/mol. The predicted molar refractivity (Wildman–Crippen MR) is 85.6 cm³/mol. The van der Waals surface area contributed by atoms with Crippen molar-refractivity contribution in [1.29, 1.82) is 0 Å². The maximum Gasteiger partial charge on any atom is 0.433 e. The van der Waals surface area contributed by atoms with Gasteiger partial charge in [-0.15, -0.1) is 0 Å². The number of alkyl halides is 3. The second kappa shape index (κ2) is 6.96. The molecule has 2 aromatic heterocycles. The minimum absolute atomic E-state index is 0.0903. The number of halogens is 3. The average Bonchev–Trinajstić information content (AvgIpc) is 3.07. The molecule has 0 amide bonds. The third-order valence-corrected chi connectivity index (χ3v) is 3.65. The summed E-state index contributed by atoms with van der Waals surface area (Å²) in [7, 11) is 1.60. The fraction of sp³-hybridized carbons (Fsp3) is 0.312. The summed E-state index contributed by atoms with van der Waals surface area (Å²) < 4.78 is 45.1. The van der Waals surface area contributed by atoms with Crippen LogP contribution in [0.4, 0.5) is 19.0 Å². The fourth-order valence-electron chi connectivity index (χ4n) is 2.38. The Morgan fingerprint density at radius 3 is 2.64 bits per heavy atom. The van der Waals surface area contributed by atoms with Gasteiger partial charge in [0.25, 0.3) is 5.78 Å². The minimum Gasteiger partial charge on any atom is -0.497 e. The molecule has 0 spiro atoms. The number of hydrogen-bond acceptors (Lipinski definition) is 5. The molecule has 0 aliphatic rings. The summed E-state index contributed by atoms with van der Waals surface area (Å²) in [5.41, 5.74) is 0.130. The van der Waals surface area contributed by atoms with Gasteiger partial charge in [-0.1, -0.05) is 12.1 Å². The molecule has 0 bridgehead atoms. The summed E-state index contributed by atoms with van der Waals surface area (Å²) >= 11 is 0. The maximum atomic E-state index is 12.9. The first-order chi connectivity index (χ1) is 12.0. The molecule has 0 fully saturated rings. The van der Waals surface area contributed by atoms with Gasteiger partial charge in [0, 0.05) is 12.6 Å². The molecule has 132 valence electrons. The Bertz CT molecular complexity index is 845. The summed E-state index contributed by atoms with van der Waals surface area (Å²) in [6.07, 6.45) is -1.83. The fourth-order valence-corrected chi connectivity index (χ4v) is 2.38. The third-order valence-electron chi connectivity index (χ3n) is 3.65. The smallest absolute Gasteiger partial charge is 0.433 e. The SMILES string of the molecule is COc1ccc(CCCNc2cc(C(F)(F)F)nc3ncnn23)cc1. The van der Waals surface area contributed by atoms with Gasteiger partial charge >= 0.3 is 6.18 Å². The Hall–Kier alpha value is -2.84. The first-order valence-corrected chi connectivity index (χ1v) is 7.62. The largest absolute Gasteiger partial charge is 0.497 e. The number of benzene rings is 1. The quantitative estimate of drug-likeness (QED) is 0.691. The molecule has 0 aliphatic heterocycles. The highest BCUT2D eigenvalue weighted by Gasteiger charge is 2.34. The van der Waals surface area contributed by atoms with Crippen LogP contribution in [-0.2, 0) is 12.6 Å². The van der Waals surface area contributed by atoms with Crippen molar-refractivity contribution < 1.29 is 17.9 Å². The molecule has 2 heterocycles. The zero-order chi connectivity index (χ0) is 17.9. The summed E-state index contributed by atoms with van der Waals surface area (Å²) in [4.78, 5) is 7.21. The van der Waals surface area contributed by atoms with Gasteiger partial charge in [0.05, 0.1) is 7.11 Å². The number of rotatable bonds is 6. The molecule has 3 aromatic rings. The van der Waals surface area contributed by atoms with Crippen LogP contribution >= 0.6 is 0 Å². The van der Waals surface area contributed by atoms with Gasteiger partial charge in [0.1, 0.15) is 17.9 Å². The number of ether oxygens (including phenoxy) is 1. The Kier molecular flexibility index (Phi) is 4.73. The van der Waals surface area contributed by atoms with Crippen molar-refractivity contribution in [3.05, 3.63) is 47.9 Å². The predicted octanol–water partition coefficient (Wildman–Crippen LogP) is 3.20. The number of anilines is 1. The van der Waals surface area contributed by atoms with Gasteiger partial charge in [0.2, 0.25) is 0 Å². The van der Waals surface area contributed by atoms with E-state index in [1.807, 2.05) is 24.3 Å². The molecule has 9 heteroatoms. The highest BCUT2D eigenvalue weighted by Crippen LogP contribution is 2.29. The van der Waals surface area contributed by atoms with Crippen LogP contribution in [-0.4, -0.2) is 33.2 Å². The number of hydrogen-bond donors (Lipinski definition) is 1. The van der Waals surface area contributed by atoms with Crippen LogP contribution in [0.5, 0.6) is 5.75 Å². The number of aryl methyl sites for hydroxylation is 1. The van der Waals surface area contributed by atoms with Crippen LogP contribution in [0.3, 0.4) is 0 Å². The number of methoxy groups -OCH3 is 1. The molecule has 1 aromatic carbocycles. The van der Waals surface area contributed by atoms with Crippen molar-refractivity contribution in [3.63, 3.8) is 0 Å². The van der Waals surface area contributed by atoms with Crippen molar-refractivity contribution >= 4 is 11.6 Å². The molecule has 3 rings (SSSR count). The Labute approximate surface area is 141 Å². The lowest BCUT2D eigenvalue weighted by Crippen LogP contribution is -2.14. The molecule has 0 saturated heterocycles. The summed E-state index contributed by atoms with van der Waals surface area (Å²) in [6.45, 7) is 0.488. The Morgan fingerprint density at radius 2 is 1.96 bits per heavy atom. The van der Waals surface area contributed by atoms with Crippen LogP contribution in [0.15, 0.2) is 36.7 Å². The second-order valence-corrected chi connectivity index (χ2v) is 5.37. The number of fused-ring (bicyclic) bond motifs is 1. The van der Waals surface area contributed by atoms with E-state index < -0.39 is 11.9 Å². The highest BCUT2D eigenvalue weighted by atomic mass is 19.4. The Morgan fingerprint density at radius 1 is 1.20 bits per heavy atom. The molecule has 6 nitrogen and oxygen atoms in total. The topological polar surface area (TPSA) is 64.3 Å². The normalized spacial score (nSPS) is 11.7. The number of nitrogens with one attached hydrogen (secondary N) is 1. The van der Waals surface area contributed by atoms with Gasteiger partial charge in [0.15, 0.2) is 5.69 Å². The summed E-state index contributed by atoms with van der Waals surface area (Å²) in [5.74, 6) is 0.906. The molecule has 1 N–H and O–H groups in total. The van der Waals surface area contributed by atoms with Crippen molar-refractivity contribution in [2.24, 2.45) is 0 Å². The second-order valence-electron chi connectivity index (χ2n) is 5.37. The Balaban J connectivity index is 1.65. The van der Waals surface area contributed by atoms with E-state index in [-0.39, 0.29) is 11.6 Å². The first-order valence-electron chi connectivity index (χ1n) is 7.62. The lowest BCUT2D eigenvalue weighted by atomic mass is 10.1. The van der Waals surface area contributed by atoms with Gasteiger partial charge in [-0.2, -0.15) is 27.8 Å². The number of aromatic nitrogens is 4. The van der Waals surface area contributed by atoms with Crippen LogP contribution in [0, 0.1) is 0 Å². The van der Waals surface area contributed by atoms with Crippen LogP contribution in [0.2, 0.25) is 0 Å². The third kappa shape index (κ3) is 3.98. The van der Waals surface area contributed by atoms with E-state index in [0.29, 0.717) is 6.54 Å². The number of nitrogens with zero attached hydrogens (tertiary/aromatic N) is 4. The lowest BCUT2D eigenvalue weighted by Gasteiger charge is -2.11. The molecule has 0 saturated carbocycles. The van der Waals surface area contributed by atoms with E-state index >= 15 is 0 Å². The van der Waals surface area contributed by atoms with E-state index in [9.17, 15) is 13.2 Å². The molecule has 0 atom stereocenters. The van der Waals surface area contributed by atoms with Gasteiger partial charge < -0.3 is 10.1 Å². The minimum atomic E-state index is -4.53. The molecule has 0 radical (unpaired) electrons. The van der Waals surface area contributed by atoms with E-state index in [4.69, 9.17) is 4.74 Å². The van der Waals surface area contributed by atoms with Crippen LogP contribution < -0.4 is 10.1 Å². The van der Waals surface area contributed by atoms with Gasteiger partial charge in [-0.05, 0) is 30.5 Å². The van der Waals surface area contributed by atoms with E-state index in [2.05, 4.69) is 20.4 Å². The van der Waals surface area contributed by atoms with E-state index in [0.717, 1.165) is 30.2 Å². The average molecular weight is 351 g/mol. The zero-order valence-corrected chi connectivity index (χ0v) is 13.4. The van der Waals surface area contributed by atoms with Crippen molar-refractivity contribution in [2.75, 3.05) is 19.0 Å². The highest BCUT2D eigenvalue weighted by molar-refractivity contribution is 5.45. The monoisotopic (exact) mass is 351 g/mol. The van der Waals surface area contributed by atoms with Gasteiger partial charge in [-0.25, -0.2) is 4.98 Å². The van der Waals surface area contributed by atoms with Gasteiger partial charge in [-0.3, -0.25) is 0 Å². The summed E-state index contributed by atoms with van der Waals surface area (Å²) in [5, 5.41) is 6.87. The maximum absolute atomic E-state index is 12.9. The standard InChI is InChI=1S/C16H16F3N5O/c1-25-12-6-4-11(5-7-12)3-2-8-20-14-9-13(16(17,18)19)23-15-21-10-22-24(14)15/h4-7,9-10,20H,2-3,8H2,1H3. The van der Waals surface area contributed by atoms with E-state index in [1.54, 1.807) is 7.11 Å². The zero-order valence-electron chi connectivity index (χ0n) is 13.4.